The third kappa shape index (κ3) is 3.27. The molecule has 0 saturated carbocycles. The summed E-state index contributed by atoms with van der Waals surface area (Å²) in [4.78, 5) is 18.6. The minimum atomic E-state index is -0.191. The van der Waals surface area contributed by atoms with Gasteiger partial charge in [-0.15, -0.1) is 0 Å². The van der Waals surface area contributed by atoms with E-state index in [2.05, 4.69) is 4.98 Å². The number of rotatable bonds is 4. The molecule has 3 rings (SSSR count). The Morgan fingerprint density at radius 2 is 2.25 bits per heavy atom. The van der Waals surface area contributed by atoms with Gasteiger partial charge in [-0.25, -0.2) is 0 Å². The van der Waals surface area contributed by atoms with E-state index in [1.165, 1.54) is 16.7 Å². The average Bonchev–Trinajstić information content (AvgIpc) is 2.85. The molecule has 1 aromatic heterocycles. The van der Waals surface area contributed by atoms with E-state index in [0.29, 0.717) is 27.3 Å². The van der Waals surface area contributed by atoms with Crippen LogP contribution in [-0.4, -0.2) is 26.9 Å². The zero-order valence-electron chi connectivity index (χ0n) is 12.8. The molecule has 1 amide bonds. The first kappa shape index (κ1) is 16.5. The van der Waals surface area contributed by atoms with E-state index in [1.54, 1.807) is 48.8 Å². The molecule has 1 aromatic carbocycles. The topological polar surface area (TPSA) is 62.7 Å². The predicted octanol–water partition coefficient (Wildman–Crippen LogP) is 3.59. The summed E-state index contributed by atoms with van der Waals surface area (Å²) < 4.78 is 5.83. The van der Waals surface area contributed by atoms with Crippen molar-refractivity contribution in [1.82, 2.24) is 4.98 Å². The van der Waals surface area contributed by atoms with Crippen molar-refractivity contribution in [2.45, 2.75) is 6.92 Å². The number of thiocarbonyl (C=S) groups is 1. The molecule has 2 heterocycles. The lowest BCUT2D eigenvalue weighted by Gasteiger charge is -2.13. The van der Waals surface area contributed by atoms with Crippen molar-refractivity contribution in [3.63, 3.8) is 0 Å². The Balaban J connectivity index is 1.91. The third-order valence-corrected chi connectivity index (χ3v) is 4.58. The van der Waals surface area contributed by atoms with Crippen LogP contribution in [0, 0.1) is 0 Å². The Kier molecular flexibility index (Phi) is 4.82. The SMILES string of the molecule is CCOc1cc(C=C2SC(=S)N(c3cccnc3)C2=O)ccc1O. The van der Waals surface area contributed by atoms with Gasteiger partial charge in [-0.1, -0.05) is 30.0 Å². The highest BCUT2D eigenvalue weighted by atomic mass is 32.2. The van der Waals surface area contributed by atoms with Crippen LogP contribution in [0.4, 0.5) is 5.69 Å². The fourth-order valence-corrected chi connectivity index (χ4v) is 3.52. The van der Waals surface area contributed by atoms with E-state index >= 15 is 0 Å². The molecule has 1 aliphatic heterocycles. The summed E-state index contributed by atoms with van der Waals surface area (Å²) >= 11 is 6.55. The number of amides is 1. The van der Waals surface area contributed by atoms with E-state index in [4.69, 9.17) is 17.0 Å². The van der Waals surface area contributed by atoms with Gasteiger partial charge in [-0.3, -0.25) is 14.7 Å². The number of carbonyl (C=O) groups is 1. The highest BCUT2D eigenvalue weighted by Crippen LogP contribution is 2.36. The average molecular weight is 358 g/mol. The molecule has 122 valence electrons. The van der Waals surface area contributed by atoms with Crippen LogP contribution in [0.5, 0.6) is 11.5 Å². The van der Waals surface area contributed by atoms with E-state index in [9.17, 15) is 9.90 Å². The lowest BCUT2D eigenvalue weighted by molar-refractivity contribution is -0.113. The zero-order chi connectivity index (χ0) is 17.1. The van der Waals surface area contributed by atoms with Crippen molar-refractivity contribution < 1.29 is 14.6 Å². The summed E-state index contributed by atoms with van der Waals surface area (Å²) in [5.74, 6) is 0.259. The Bertz CT molecular complexity index is 822. The molecule has 0 atom stereocenters. The number of hydrogen-bond acceptors (Lipinski definition) is 6. The van der Waals surface area contributed by atoms with Gasteiger partial charge in [0.1, 0.15) is 0 Å². The van der Waals surface area contributed by atoms with Crippen LogP contribution < -0.4 is 9.64 Å². The van der Waals surface area contributed by atoms with Crippen molar-refractivity contribution in [3.05, 3.63) is 53.2 Å². The van der Waals surface area contributed by atoms with Gasteiger partial charge in [0, 0.05) is 6.20 Å². The number of thioether (sulfide) groups is 1. The molecule has 5 nitrogen and oxygen atoms in total. The Hall–Kier alpha value is -2.38. The molecule has 2 aromatic rings. The summed E-state index contributed by atoms with van der Waals surface area (Å²) in [6.45, 7) is 2.28. The smallest absolute Gasteiger partial charge is 0.270 e. The van der Waals surface area contributed by atoms with E-state index < -0.39 is 0 Å². The standard InChI is InChI=1S/C17H14N2O3S2/c1-2-22-14-8-11(5-6-13(14)20)9-15-16(21)19(17(23)24-15)12-4-3-7-18-10-12/h3-10,20H,2H2,1H3. The van der Waals surface area contributed by atoms with E-state index in [-0.39, 0.29) is 11.7 Å². The van der Waals surface area contributed by atoms with Gasteiger partial charge in [0.05, 0.1) is 23.4 Å². The normalized spacial score (nSPS) is 16.0. The largest absolute Gasteiger partial charge is 0.504 e. The molecule has 0 radical (unpaired) electrons. The van der Waals surface area contributed by atoms with Gasteiger partial charge in [-0.05, 0) is 42.8 Å². The molecule has 0 bridgehead atoms. The Morgan fingerprint density at radius 3 is 2.96 bits per heavy atom. The lowest BCUT2D eigenvalue weighted by Crippen LogP contribution is -2.27. The molecule has 0 unspecified atom stereocenters. The van der Waals surface area contributed by atoms with Crippen LogP contribution in [0.25, 0.3) is 6.08 Å². The molecule has 0 aliphatic carbocycles. The minimum absolute atomic E-state index is 0.0666. The maximum Gasteiger partial charge on any atom is 0.270 e. The van der Waals surface area contributed by atoms with E-state index in [0.717, 1.165) is 5.56 Å². The molecule has 1 N–H and O–H groups in total. The summed E-state index contributed by atoms with van der Waals surface area (Å²) in [6.07, 6.45) is 4.97. The molecular formula is C17H14N2O3S2. The molecule has 7 heteroatoms. The van der Waals surface area contributed by atoms with Crippen molar-refractivity contribution >= 4 is 46.0 Å². The quantitative estimate of drug-likeness (QED) is 0.666. The molecule has 1 fully saturated rings. The number of pyridine rings is 1. The number of aromatic nitrogens is 1. The van der Waals surface area contributed by atoms with Crippen molar-refractivity contribution in [3.8, 4) is 11.5 Å². The second-order valence-electron chi connectivity index (χ2n) is 4.89. The highest BCUT2D eigenvalue weighted by molar-refractivity contribution is 8.27. The number of benzene rings is 1. The number of carbonyl (C=O) groups excluding carboxylic acids is 1. The summed E-state index contributed by atoms with van der Waals surface area (Å²) in [5, 5.41) is 9.76. The molecule has 24 heavy (non-hydrogen) atoms. The second kappa shape index (κ2) is 7.02. The predicted molar refractivity (Wildman–Crippen MR) is 99.2 cm³/mol. The van der Waals surface area contributed by atoms with Crippen LogP contribution in [0.3, 0.4) is 0 Å². The van der Waals surface area contributed by atoms with Crippen LogP contribution in [0.15, 0.2) is 47.6 Å². The molecule has 0 spiro atoms. The summed E-state index contributed by atoms with van der Waals surface area (Å²) in [5.41, 5.74) is 1.40. The minimum Gasteiger partial charge on any atom is -0.504 e. The van der Waals surface area contributed by atoms with Crippen molar-refractivity contribution in [2.24, 2.45) is 0 Å². The molecule has 1 saturated heterocycles. The monoisotopic (exact) mass is 358 g/mol. The number of anilines is 1. The van der Waals surface area contributed by atoms with Gasteiger partial charge >= 0.3 is 0 Å². The maximum atomic E-state index is 12.6. The third-order valence-electron chi connectivity index (χ3n) is 3.28. The van der Waals surface area contributed by atoms with Gasteiger partial charge in [0.25, 0.3) is 5.91 Å². The molecular weight excluding hydrogens is 344 g/mol. The van der Waals surface area contributed by atoms with Crippen LogP contribution in [0.1, 0.15) is 12.5 Å². The number of ether oxygens (including phenoxy) is 1. The maximum absolute atomic E-state index is 12.6. The van der Waals surface area contributed by atoms with Crippen molar-refractivity contribution in [1.29, 1.82) is 0 Å². The van der Waals surface area contributed by atoms with Crippen LogP contribution >= 0.6 is 24.0 Å². The lowest BCUT2D eigenvalue weighted by atomic mass is 10.2. The molecule has 1 aliphatic rings. The zero-order valence-corrected chi connectivity index (χ0v) is 14.4. The highest BCUT2D eigenvalue weighted by Gasteiger charge is 2.33. The van der Waals surface area contributed by atoms with Crippen LogP contribution in [0.2, 0.25) is 0 Å². The van der Waals surface area contributed by atoms with Gasteiger partial charge < -0.3 is 9.84 Å². The Morgan fingerprint density at radius 1 is 1.42 bits per heavy atom. The first-order valence-electron chi connectivity index (χ1n) is 7.24. The van der Waals surface area contributed by atoms with Crippen molar-refractivity contribution in [2.75, 3.05) is 11.5 Å². The number of phenolic OH excluding ortho intramolecular Hbond substituents is 1. The number of phenols is 1. The van der Waals surface area contributed by atoms with Gasteiger partial charge in [0.15, 0.2) is 15.8 Å². The van der Waals surface area contributed by atoms with Crippen LogP contribution in [-0.2, 0) is 4.79 Å². The summed E-state index contributed by atoms with van der Waals surface area (Å²) in [7, 11) is 0. The van der Waals surface area contributed by atoms with Gasteiger partial charge in [0.2, 0.25) is 0 Å². The second-order valence-corrected chi connectivity index (χ2v) is 6.56. The summed E-state index contributed by atoms with van der Waals surface area (Å²) in [6, 6.07) is 8.49. The fraction of sp³-hybridized carbons (Fsp3) is 0.118. The fourth-order valence-electron chi connectivity index (χ4n) is 2.22. The first-order chi connectivity index (χ1) is 11.6. The Labute approximate surface area is 149 Å². The first-order valence-corrected chi connectivity index (χ1v) is 8.46. The number of hydrogen-bond donors (Lipinski definition) is 1. The number of aromatic hydroxyl groups is 1. The van der Waals surface area contributed by atoms with Gasteiger partial charge in [-0.2, -0.15) is 0 Å². The van der Waals surface area contributed by atoms with E-state index in [1.807, 2.05) is 6.92 Å². The number of nitrogens with zero attached hydrogens (tertiary/aromatic N) is 2.